The molecule has 1 aromatic carbocycles. The Morgan fingerprint density at radius 1 is 1.31 bits per heavy atom. The van der Waals surface area contributed by atoms with Gasteiger partial charge in [0.15, 0.2) is 0 Å². The molecule has 0 aliphatic rings. The lowest BCUT2D eigenvalue weighted by molar-refractivity contribution is -0.131. The normalized spacial score (nSPS) is 11.2. The van der Waals surface area contributed by atoms with E-state index in [1.165, 1.54) is 0 Å². The number of carboxylic acids is 1. The van der Waals surface area contributed by atoms with Crippen LogP contribution in [0.25, 0.3) is 23.0 Å². The minimum absolute atomic E-state index is 0.472. The number of rotatable bonds is 6. The predicted octanol–water partition coefficient (Wildman–Crippen LogP) is 4.36. The summed E-state index contributed by atoms with van der Waals surface area (Å²) < 4.78 is 7.51. The van der Waals surface area contributed by atoms with Gasteiger partial charge in [-0.3, -0.25) is 4.40 Å². The van der Waals surface area contributed by atoms with Crippen LogP contribution in [0, 0.1) is 6.92 Å². The summed E-state index contributed by atoms with van der Waals surface area (Å²) in [5, 5.41) is 8.99. The molecule has 0 atom stereocenters. The van der Waals surface area contributed by atoms with Gasteiger partial charge >= 0.3 is 5.97 Å². The molecule has 26 heavy (non-hydrogen) atoms. The lowest BCUT2D eigenvalue weighted by Crippen LogP contribution is -1.97. The number of aromatic nitrogens is 2. The minimum Gasteiger partial charge on any atom is -0.489 e. The number of pyridine rings is 1. The summed E-state index contributed by atoms with van der Waals surface area (Å²) in [4.78, 5) is 15.7. The Kier molecular flexibility index (Phi) is 4.89. The first-order chi connectivity index (χ1) is 12.4. The van der Waals surface area contributed by atoms with Gasteiger partial charge in [0.05, 0.1) is 11.4 Å². The number of hydrogen-bond donors (Lipinski definition) is 1. The third kappa shape index (κ3) is 3.83. The van der Waals surface area contributed by atoms with E-state index in [0.29, 0.717) is 6.61 Å². The Bertz CT molecular complexity index is 998. The molecule has 0 spiro atoms. The number of fused-ring (bicyclic) bond motifs is 1. The molecule has 0 aliphatic heterocycles. The Morgan fingerprint density at radius 2 is 2.04 bits per heavy atom. The molecule has 0 fully saturated rings. The molecule has 2 heterocycles. The highest BCUT2D eigenvalue weighted by molar-refractivity contribution is 5.87. The molecule has 2 aromatic heterocycles. The zero-order valence-electron chi connectivity index (χ0n) is 14.8. The largest absolute Gasteiger partial charge is 0.489 e. The first-order valence-corrected chi connectivity index (χ1v) is 8.21. The van der Waals surface area contributed by atoms with E-state index in [2.05, 4.69) is 11.6 Å². The van der Waals surface area contributed by atoms with Crippen LogP contribution in [0.5, 0.6) is 5.75 Å². The molecule has 132 valence electrons. The number of carbonyl (C=O) groups is 1. The van der Waals surface area contributed by atoms with Gasteiger partial charge in [0.1, 0.15) is 18.0 Å². The molecule has 0 radical (unpaired) electrons. The van der Waals surface area contributed by atoms with Crippen molar-refractivity contribution in [2.45, 2.75) is 13.8 Å². The van der Waals surface area contributed by atoms with Crippen molar-refractivity contribution in [3.8, 4) is 17.0 Å². The van der Waals surface area contributed by atoms with E-state index in [0.717, 1.165) is 45.6 Å². The molecule has 5 nitrogen and oxygen atoms in total. The van der Waals surface area contributed by atoms with Crippen LogP contribution in [0.2, 0.25) is 0 Å². The zero-order chi connectivity index (χ0) is 18.7. The third-order valence-corrected chi connectivity index (χ3v) is 3.82. The van der Waals surface area contributed by atoms with Crippen molar-refractivity contribution in [1.29, 1.82) is 0 Å². The van der Waals surface area contributed by atoms with E-state index in [1.807, 2.05) is 60.8 Å². The van der Waals surface area contributed by atoms with Gasteiger partial charge in [0, 0.05) is 17.8 Å². The molecular weight excluding hydrogens is 328 g/mol. The van der Waals surface area contributed by atoms with E-state index in [-0.39, 0.29) is 0 Å². The molecule has 0 saturated heterocycles. The first kappa shape index (κ1) is 17.5. The Morgan fingerprint density at radius 3 is 2.69 bits per heavy atom. The maximum atomic E-state index is 11.0. The van der Waals surface area contributed by atoms with Crippen molar-refractivity contribution in [2.75, 3.05) is 6.61 Å². The molecule has 0 saturated carbocycles. The van der Waals surface area contributed by atoms with Crippen LogP contribution in [0.15, 0.2) is 60.8 Å². The highest BCUT2D eigenvalue weighted by atomic mass is 16.5. The molecule has 0 aliphatic carbocycles. The van der Waals surface area contributed by atoms with Gasteiger partial charge in [-0.1, -0.05) is 6.58 Å². The minimum atomic E-state index is -0.999. The molecule has 3 rings (SSSR count). The van der Waals surface area contributed by atoms with Gasteiger partial charge < -0.3 is 9.84 Å². The maximum Gasteiger partial charge on any atom is 0.328 e. The number of carboxylic acid groups (broad SMARTS) is 1. The number of nitrogens with zero attached hydrogens (tertiary/aromatic N) is 2. The second kappa shape index (κ2) is 7.27. The lowest BCUT2D eigenvalue weighted by atomic mass is 10.1. The van der Waals surface area contributed by atoms with Crippen molar-refractivity contribution in [2.24, 2.45) is 0 Å². The second-order valence-corrected chi connectivity index (χ2v) is 6.22. The fourth-order valence-corrected chi connectivity index (χ4v) is 2.60. The predicted molar refractivity (Wildman–Crippen MR) is 102 cm³/mol. The zero-order valence-corrected chi connectivity index (χ0v) is 14.8. The van der Waals surface area contributed by atoms with Crippen molar-refractivity contribution in [1.82, 2.24) is 9.38 Å². The van der Waals surface area contributed by atoms with Crippen LogP contribution in [0.4, 0.5) is 0 Å². The van der Waals surface area contributed by atoms with Gasteiger partial charge in [-0.25, -0.2) is 9.78 Å². The summed E-state index contributed by atoms with van der Waals surface area (Å²) in [5.74, 6) is -0.249. The molecule has 1 N–H and O–H groups in total. The molecule has 5 heteroatoms. The van der Waals surface area contributed by atoms with E-state index in [1.54, 1.807) is 6.08 Å². The van der Waals surface area contributed by atoms with E-state index in [9.17, 15) is 4.79 Å². The highest BCUT2D eigenvalue weighted by Gasteiger charge is 2.12. The molecular formula is C21H20N2O3. The Hall–Kier alpha value is -3.34. The topological polar surface area (TPSA) is 63.8 Å². The van der Waals surface area contributed by atoms with Crippen LogP contribution in [-0.2, 0) is 4.79 Å². The van der Waals surface area contributed by atoms with Crippen molar-refractivity contribution in [3.63, 3.8) is 0 Å². The molecule has 0 amide bonds. The Labute approximate surface area is 151 Å². The summed E-state index contributed by atoms with van der Waals surface area (Å²) in [6.07, 6.45) is 4.59. The van der Waals surface area contributed by atoms with Crippen LogP contribution in [0.3, 0.4) is 0 Å². The van der Waals surface area contributed by atoms with Gasteiger partial charge in [0.2, 0.25) is 0 Å². The Balaban J connectivity index is 2.04. The molecule has 0 unspecified atom stereocenters. The first-order valence-electron chi connectivity index (χ1n) is 8.21. The van der Waals surface area contributed by atoms with Gasteiger partial charge in [-0.2, -0.15) is 0 Å². The number of ether oxygens (including phenoxy) is 1. The number of aryl methyl sites for hydroxylation is 1. The standard InChI is InChI=1S/C21H20N2O3/c1-14(2)13-26-17-6-4-16(5-7-17)21-18(8-9-20(24)25)23-11-10-15(3)12-19(23)22-21/h4-12H,1,13H2,2-3H3,(H,24,25)/b9-8+. The van der Waals surface area contributed by atoms with Gasteiger partial charge in [-0.15, -0.1) is 0 Å². The SMILES string of the molecule is C=C(C)COc1ccc(-c2nc3cc(C)ccn3c2/C=C/C(=O)O)cc1. The molecule has 3 aromatic rings. The van der Waals surface area contributed by atoms with Crippen LogP contribution in [0.1, 0.15) is 18.2 Å². The number of benzene rings is 1. The average Bonchev–Trinajstić information content (AvgIpc) is 2.96. The van der Waals surface area contributed by atoms with Crippen LogP contribution < -0.4 is 4.74 Å². The average molecular weight is 348 g/mol. The fourth-order valence-electron chi connectivity index (χ4n) is 2.60. The maximum absolute atomic E-state index is 11.0. The van der Waals surface area contributed by atoms with Gasteiger partial charge in [-0.05, 0) is 67.5 Å². The van der Waals surface area contributed by atoms with E-state index >= 15 is 0 Å². The monoisotopic (exact) mass is 348 g/mol. The summed E-state index contributed by atoms with van der Waals surface area (Å²) in [6, 6.07) is 11.5. The van der Waals surface area contributed by atoms with E-state index in [4.69, 9.17) is 9.84 Å². The van der Waals surface area contributed by atoms with Crippen molar-refractivity contribution in [3.05, 3.63) is 72.1 Å². The summed E-state index contributed by atoms with van der Waals surface area (Å²) in [6.45, 7) is 8.20. The van der Waals surface area contributed by atoms with Gasteiger partial charge in [0.25, 0.3) is 0 Å². The van der Waals surface area contributed by atoms with Crippen LogP contribution >= 0.6 is 0 Å². The third-order valence-electron chi connectivity index (χ3n) is 3.82. The van der Waals surface area contributed by atoms with Crippen molar-refractivity contribution >= 4 is 17.7 Å². The number of aliphatic carboxylic acids is 1. The quantitative estimate of drug-likeness (QED) is 0.531. The summed E-state index contributed by atoms with van der Waals surface area (Å²) in [5.41, 5.74) is 5.14. The smallest absolute Gasteiger partial charge is 0.328 e. The van der Waals surface area contributed by atoms with Crippen LogP contribution in [-0.4, -0.2) is 27.1 Å². The second-order valence-electron chi connectivity index (χ2n) is 6.22. The number of hydrogen-bond acceptors (Lipinski definition) is 3. The summed E-state index contributed by atoms with van der Waals surface area (Å²) in [7, 11) is 0. The number of imidazole rings is 1. The lowest BCUT2D eigenvalue weighted by Gasteiger charge is -2.06. The fraction of sp³-hybridized carbons (Fsp3) is 0.143. The molecule has 0 bridgehead atoms. The summed E-state index contributed by atoms with van der Waals surface area (Å²) >= 11 is 0. The highest BCUT2D eigenvalue weighted by Crippen LogP contribution is 2.27. The van der Waals surface area contributed by atoms with E-state index < -0.39 is 5.97 Å². The van der Waals surface area contributed by atoms with Crippen molar-refractivity contribution < 1.29 is 14.6 Å².